The van der Waals surface area contributed by atoms with Crippen molar-refractivity contribution in [2.45, 2.75) is 0 Å². The Morgan fingerprint density at radius 1 is 1.23 bits per heavy atom. The molecule has 8 nitrogen and oxygen atoms in total. The molecule has 0 spiro atoms. The maximum absolute atomic E-state index is 12.5. The predicted octanol–water partition coefficient (Wildman–Crippen LogP) is 4.02. The zero-order valence-electron chi connectivity index (χ0n) is 13.2. The van der Waals surface area contributed by atoms with E-state index < -0.39 is 6.03 Å². The summed E-state index contributed by atoms with van der Waals surface area (Å²) >= 11 is 7.52. The molecule has 2 amide bonds. The first-order chi connectivity index (χ1) is 12.7. The lowest BCUT2D eigenvalue weighted by atomic mass is 10.2. The van der Waals surface area contributed by atoms with E-state index in [1.54, 1.807) is 47.5 Å². The number of nitrogens with one attached hydrogen (secondary N) is 3. The summed E-state index contributed by atoms with van der Waals surface area (Å²) in [6.07, 6.45) is 6.64. The van der Waals surface area contributed by atoms with Crippen LogP contribution in [0.5, 0.6) is 0 Å². The third-order valence-electron chi connectivity index (χ3n) is 3.49. The van der Waals surface area contributed by atoms with E-state index in [1.165, 1.54) is 17.5 Å². The van der Waals surface area contributed by atoms with Gasteiger partial charge in [0.1, 0.15) is 10.7 Å². The Labute approximate surface area is 156 Å². The molecule has 4 rings (SSSR count). The highest BCUT2D eigenvalue weighted by molar-refractivity contribution is 7.13. The molecule has 4 aromatic rings. The van der Waals surface area contributed by atoms with Gasteiger partial charge in [-0.1, -0.05) is 11.6 Å². The van der Waals surface area contributed by atoms with Crippen LogP contribution >= 0.6 is 22.9 Å². The van der Waals surface area contributed by atoms with E-state index in [1.807, 2.05) is 5.38 Å². The fourth-order valence-corrected chi connectivity index (χ4v) is 3.19. The normalized spacial score (nSPS) is 10.7. The van der Waals surface area contributed by atoms with Crippen LogP contribution in [-0.4, -0.2) is 31.0 Å². The molecule has 0 saturated heterocycles. The fourth-order valence-electron chi connectivity index (χ4n) is 2.38. The van der Waals surface area contributed by atoms with Crippen LogP contribution in [0.4, 0.5) is 16.2 Å². The number of amides is 2. The summed E-state index contributed by atoms with van der Waals surface area (Å²) in [4.78, 5) is 16.7. The van der Waals surface area contributed by atoms with Crippen molar-refractivity contribution in [1.29, 1.82) is 0 Å². The molecule has 0 radical (unpaired) electrons. The van der Waals surface area contributed by atoms with E-state index in [0.717, 1.165) is 5.01 Å². The second-order valence-electron chi connectivity index (χ2n) is 5.19. The summed E-state index contributed by atoms with van der Waals surface area (Å²) in [5.41, 5.74) is 2.41. The minimum atomic E-state index is -0.417. The van der Waals surface area contributed by atoms with Gasteiger partial charge in [-0.15, -0.1) is 11.3 Å². The average Bonchev–Trinajstić information content (AvgIpc) is 3.38. The first-order valence-corrected chi connectivity index (χ1v) is 8.77. The molecule has 0 atom stereocenters. The Morgan fingerprint density at radius 2 is 2.12 bits per heavy atom. The average molecular weight is 386 g/mol. The second kappa shape index (κ2) is 6.98. The summed E-state index contributed by atoms with van der Waals surface area (Å²) in [7, 11) is 0. The number of benzene rings is 1. The molecule has 10 heteroatoms. The van der Waals surface area contributed by atoms with E-state index in [2.05, 4.69) is 30.9 Å². The van der Waals surface area contributed by atoms with Crippen LogP contribution in [-0.2, 0) is 0 Å². The van der Waals surface area contributed by atoms with Crippen LogP contribution in [0, 0.1) is 0 Å². The Bertz CT molecular complexity index is 1030. The van der Waals surface area contributed by atoms with Gasteiger partial charge >= 0.3 is 6.03 Å². The standard InChI is InChI=1S/C16H12ClN7OS/c17-10-2-3-11(13(8-10)24-6-1-4-20-24)21-16(25)22-12-9-19-23-14(12)15-18-5-7-26-15/h1-9H,(H,19,23)(H2,21,22,25). The number of carbonyl (C=O) groups is 1. The molecule has 0 saturated carbocycles. The third kappa shape index (κ3) is 3.30. The van der Waals surface area contributed by atoms with E-state index in [-0.39, 0.29) is 0 Å². The zero-order valence-corrected chi connectivity index (χ0v) is 14.8. The van der Waals surface area contributed by atoms with Crippen LogP contribution in [0.25, 0.3) is 16.4 Å². The number of halogens is 1. The molecule has 0 aliphatic rings. The van der Waals surface area contributed by atoms with Crippen molar-refractivity contribution in [1.82, 2.24) is 25.0 Å². The summed E-state index contributed by atoms with van der Waals surface area (Å²) in [6.45, 7) is 0. The van der Waals surface area contributed by atoms with E-state index >= 15 is 0 Å². The van der Waals surface area contributed by atoms with Crippen molar-refractivity contribution in [2.75, 3.05) is 10.6 Å². The number of thiazole rings is 1. The SMILES string of the molecule is O=C(Nc1ccc(Cl)cc1-n1cccn1)Nc1cn[nH]c1-c1nccs1. The molecule has 0 aliphatic heterocycles. The minimum Gasteiger partial charge on any atom is -0.306 e. The maximum atomic E-state index is 12.5. The van der Waals surface area contributed by atoms with Crippen molar-refractivity contribution in [2.24, 2.45) is 0 Å². The molecule has 0 bridgehead atoms. The molecule has 3 aromatic heterocycles. The number of anilines is 2. The van der Waals surface area contributed by atoms with Crippen molar-refractivity contribution >= 4 is 40.3 Å². The Hall–Kier alpha value is -3.17. The van der Waals surface area contributed by atoms with Gasteiger partial charge in [-0.2, -0.15) is 10.2 Å². The van der Waals surface area contributed by atoms with Crippen LogP contribution in [0.15, 0.2) is 54.4 Å². The van der Waals surface area contributed by atoms with Gasteiger partial charge in [-0.25, -0.2) is 14.5 Å². The quantitative estimate of drug-likeness (QED) is 0.494. The largest absolute Gasteiger partial charge is 0.323 e. The fraction of sp³-hybridized carbons (Fsp3) is 0. The molecule has 1 aromatic carbocycles. The van der Waals surface area contributed by atoms with Gasteiger partial charge in [-0.3, -0.25) is 5.10 Å². The number of nitrogens with zero attached hydrogens (tertiary/aromatic N) is 4. The topological polar surface area (TPSA) is 101 Å². The van der Waals surface area contributed by atoms with Gasteiger partial charge in [0.05, 0.1) is 23.3 Å². The van der Waals surface area contributed by atoms with Gasteiger partial charge in [0.15, 0.2) is 0 Å². The van der Waals surface area contributed by atoms with Crippen molar-refractivity contribution in [3.63, 3.8) is 0 Å². The Balaban J connectivity index is 1.56. The molecule has 3 heterocycles. The van der Waals surface area contributed by atoms with E-state index in [9.17, 15) is 4.79 Å². The summed E-state index contributed by atoms with van der Waals surface area (Å²) in [6, 6.07) is 6.51. The number of carbonyl (C=O) groups excluding carboxylic acids is 1. The summed E-state index contributed by atoms with van der Waals surface area (Å²) in [5, 5.41) is 19.7. The first-order valence-electron chi connectivity index (χ1n) is 7.51. The van der Waals surface area contributed by atoms with Crippen molar-refractivity contribution in [3.05, 3.63) is 59.5 Å². The predicted molar refractivity (Wildman–Crippen MR) is 101 cm³/mol. The van der Waals surface area contributed by atoms with Gasteiger partial charge in [-0.05, 0) is 24.3 Å². The molecule has 130 valence electrons. The van der Waals surface area contributed by atoms with Crippen LogP contribution in [0.1, 0.15) is 0 Å². The van der Waals surface area contributed by atoms with Crippen LogP contribution < -0.4 is 10.6 Å². The van der Waals surface area contributed by atoms with E-state index in [0.29, 0.717) is 27.8 Å². The number of hydrogen-bond acceptors (Lipinski definition) is 5. The smallest absolute Gasteiger partial charge is 0.306 e. The lowest BCUT2D eigenvalue weighted by Gasteiger charge is -2.12. The van der Waals surface area contributed by atoms with Crippen molar-refractivity contribution in [3.8, 4) is 16.4 Å². The summed E-state index contributed by atoms with van der Waals surface area (Å²) in [5.74, 6) is 0. The van der Waals surface area contributed by atoms with Crippen LogP contribution in [0.2, 0.25) is 5.02 Å². The number of hydrogen-bond donors (Lipinski definition) is 3. The number of aromatic amines is 1. The van der Waals surface area contributed by atoms with Gasteiger partial charge in [0.2, 0.25) is 0 Å². The van der Waals surface area contributed by atoms with Crippen LogP contribution in [0.3, 0.4) is 0 Å². The van der Waals surface area contributed by atoms with Gasteiger partial charge in [0.25, 0.3) is 0 Å². The molecule has 0 fully saturated rings. The maximum Gasteiger partial charge on any atom is 0.323 e. The number of urea groups is 1. The second-order valence-corrected chi connectivity index (χ2v) is 6.52. The number of aromatic nitrogens is 5. The zero-order chi connectivity index (χ0) is 17.9. The number of rotatable bonds is 4. The van der Waals surface area contributed by atoms with E-state index in [4.69, 9.17) is 11.6 Å². The highest BCUT2D eigenvalue weighted by atomic mass is 35.5. The third-order valence-corrected chi connectivity index (χ3v) is 4.52. The minimum absolute atomic E-state index is 0.417. The first kappa shape index (κ1) is 16.3. The molecule has 3 N–H and O–H groups in total. The molecule has 0 unspecified atom stereocenters. The monoisotopic (exact) mass is 385 g/mol. The Kier molecular flexibility index (Phi) is 4.38. The van der Waals surface area contributed by atoms with Crippen molar-refractivity contribution < 1.29 is 4.79 Å². The Morgan fingerprint density at radius 3 is 2.88 bits per heavy atom. The highest BCUT2D eigenvalue weighted by Crippen LogP contribution is 2.28. The van der Waals surface area contributed by atoms with Gasteiger partial charge < -0.3 is 10.6 Å². The lowest BCUT2D eigenvalue weighted by Crippen LogP contribution is -2.20. The highest BCUT2D eigenvalue weighted by Gasteiger charge is 2.14. The molecule has 26 heavy (non-hydrogen) atoms. The molecular weight excluding hydrogens is 374 g/mol. The summed E-state index contributed by atoms with van der Waals surface area (Å²) < 4.78 is 1.63. The molecular formula is C16H12ClN7OS. The lowest BCUT2D eigenvalue weighted by molar-refractivity contribution is 0.262. The van der Waals surface area contributed by atoms with Gasteiger partial charge in [0, 0.05) is 29.0 Å². The molecule has 0 aliphatic carbocycles. The number of H-pyrrole nitrogens is 1.